The van der Waals surface area contributed by atoms with E-state index in [1.165, 1.54) is 12.1 Å². The summed E-state index contributed by atoms with van der Waals surface area (Å²) in [6.07, 6.45) is 3.42. The Bertz CT molecular complexity index is 373. The number of aliphatic hydroxyl groups excluding tert-OH is 1. The first-order valence-corrected chi connectivity index (χ1v) is 6.36. The molecule has 94 valence electrons. The van der Waals surface area contributed by atoms with E-state index in [1.807, 2.05) is 0 Å². The summed E-state index contributed by atoms with van der Waals surface area (Å²) in [5, 5.41) is 10.5. The largest absolute Gasteiger partial charge is 0.391 e. The molecule has 0 bridgehead atoms. The van der Waals surface area contributed by atoms with Crippen molar-refractivity contribution in [1.29, 1.82) is 0 Å². The van der Waals surface area contributed by atoms with Gasteiger partial charge in [0.25, 0.3) is 0 Å². The van der Waals surface area contributed by atoms with Crippen LogP contribution in [0.5, 0.6) is 0 Å². The SMILES string of the molecule is N[C@@H](c1c(F)cccc1Cl)[C@H](O)C1CCCC1. The molecular formula is C13H17ClFNO. The van der Waals surface area contributed by atoms with Crippen molar-refractivity contribution in [2.75, 3.05) is 0 Å². The first kappa shape index (κ1) is 12.8. The number of halogens is 2. The molecular weight excluding hydrogens is 241 g/mol. The van der Waals surface area contributed by atoms with Gasteiger partial charge in [0, 0.05) is 10.6 Å². The quantitative estimate of drug-likeness (QED) is 0.874. The van der Waals surface area contributed by atoms with E-state index < -0.39 is 18.0 Å². The fourth-order valence-electron chi connectivity index (χ4n) is 2.59. The third-order valence-electron chi connectivity index (χ3n) is 3.58. The van der Waals surface area contributed by atoms with Crippen LogP contribution in [0.15, 0.2) is 18.2 Å². The average Bonchev–Trinajstić information content (AvgIpc) is 2.81. The third-order valence-corrected chi connectivity index (χ3v) is 3.91. The number of aliphatic hydroxyl groups is 1. The third kappa shape index (κ3) is 2.62. The summed E-state index contributed by atoms with van der Waals surface area (Å²) < 4.78 is 13.7. The molecule has 3 N–H and O–H groups in total. The molecule has 1 aromatic carbocycles. The van der Waals surface area contributed by atoms with Crippen molar-refractivity contribution < 1.29 is 9.50 Å². The van der Waals surface area contributed by atoms with Gasteiger partial charge in [0.1, 0.15) is 5.82 Å². The first-order chi connectivity index (χ1) is 8.11. The molecule has 0 amide bonds. The summed E-state index contributed by atoms with van der Waals surface area (Å²) in [6, 6.07) is 3.71. The topological polar surface area (TPSA) is 46.2 Å². The molecule has 0 saturated heterocycles. The smallest absolute Gasteiger partial charge is 0.129 e. The van der Waals surface area contributed by atoms with Crippen LogP contribution in [0.2, 0.25) is 5.02 Å². The lowest BCUT2D eigenvalue weighted by atomic mass is 9.90. The van der Waals surface area contributed by atoms with Crippen molar-refractivity contribution in [3.63, 3.8) is 0 Å². The summed E-state index contributed by atoms with van der Waals surface area (Å²) in [5.74, 6) is -0.275. The lowest BCUT2D eigenvalue weighted by Gasteiger charge is -2.25. The summed E-state index contributed by atoms with van der Waals surface area (Å²) in [6.45, 7) is 0. The molecule has 1 aliphatic rings. The number of benzene rings is 1. The Morgan fingerprint density at radius 2 is 2.00 bits per heavy atom. The molecule has 4 heteroatoms. The second kappa shape index (κ2) is 5.34. The molecule has 1 fully saturated rings. The predicted octanol–water partition coefficient (Wildman–Crippen LogP) is 3.03. The van der Waals surface area contributed by atoms with Crippen LogP contribution >= 0.6 is 11.6 Å². The minimum Gasteiger partial charge on any atom is -0.391 e. The van der Waals surface area contributed by atoms with Crippen molar-refractivity contribution >= 4 is 11.6 Å². The Morgan fingerprint density at radius 3 is 2.59 bits per heavy atom. The van der Waals surface area contributed by atoms with Gasteiger partial charge in [-0.2, -0.15) is 0 Å². The standard InChI is InChI=1S/C13H17ClFNO/c14-9-6-3-7-10(15)11(9)12(16)13(17)8-4-1-2-5-8/h3,6-8,12-13,17H,1-2,4-5,16H2/t12-,13+/m0/s1. The Balaban J connectivity index is 2.20. The monoisotopic (exact) mass is 257 g/mol. The van der Waals surface area contributed by atoms with Gasteiger partial charge in [-0.3, -0.25) is 0 Å². The zero-order valence-corrected chi connectivity index (χ0v) is 10.3. The Labute approximate surface area is 106 Å². The van der Waals surface area contributed by atoms with E-state index in [4.69, 9.17) is 17.3 Å². The van der Waals surface area contributed by atoms with E-state index in [0.29, 0.717) is 0 Å². The van der Waals surface area contributed by atoms with E-state index in [2.05, 4.69) is 0 Å². The Kier molecular flexibility index (Phi) is 4.02. The average molecular weight is 258 g/mol. The maximum absolute atomic E-state index is 13.7. The summed E-state index contributed by atoms with van der Waals surface area (Å²) in [7, 11) is 0. The highest BCUT2D eigenvalue weighted by Gasteiger charge is 2.31. The molecule has 0 heterocycles. The van der Waals surface area contributed by atoms with Gasteiger partial charge in [-0.05, 0) is 30.9 Å². The van der Waals surface area contributed by atoms with Crippen LogP contribution in [-0.2, 0) is 0 Å². The summed E-state index contributed by atoms with van der Waals surface area (Å²) in [4.78, 5) is 0. The van der Waals surface area contributed by atoms with Crippen LogP contribution in [0.1, 0.15) is 37.3 Å². The maximum Gasteiger partial charge on any atom is 0.129 e. The van der Waals surface area contributed by atoms with Gasteiger partial charge in [0.05, 0.1) is 12.1 Å². The second-order valence-corrected chi connectivity index (χ2v) is 5.10. The second-order valence-electron chi connectivity index (χ2n) is 4.70. The van der Waals surface area contributed by atoms with E-state index >= 15 is 0 Å². The minimum atomic E-state index is -0.744. The molecule has 1 aromatic rings. The van der Waals surface area contributed by atoms with Gasteiger partial charge < -0.3 is 10.8 Å². The van der Waals surface area contributed by atoms with Gasteiger partial charge in [-0.25, -0.2) is 4.39 Å². The molecule has 1 saturated carbocycles. The molecule has 0 spiro atoms. The molecule has 2 atom stereocenters. The highest BCUT2D eigenvalue weighted by atomic mass is 35.5. The molecule has 0 radical (unpaired) electrons. The highest BCUT2D eigenvalue weighted by Crippen LogP contribution is 2.35. The summed E-state index contributed by atoms with van der Waals surface area (Å²) in [5.41, 5.74) is 6.18. The number of hydrogen-bond acceptors (Lipinski definition) is 2. The highest BCUT2D eigenvalue weighted by molar-refractivity contribution is 6.31. The molecule has 0 aromatic heterocycles. The predicted molar refractivity (Wildman–Crippen MR) is 66.3 cm³/mol. The van der Waals surface area contributed by atoms with E-state index in [0.717, 1.165) is 25.7 Å². The van der Waals surface area contributed by atoms with Crippen LogP contribution < -0.4 is 5.73 Å². The molecule has 1 aliphatic carbocycles. The van der Waals surface area contributed by atoms with Gasteiger partial charge >= 0.3 is 0 Å². The molecule has 2 rings (SSSR count). The van der Waals surface area contributed by atoms with Crippen LogP contribution in [0, 0.1) is 11.7 Å². The lowest BCUT2D eigenvalue weighted by Crippen LogP contribution is -2.32. The minimum absolute atomic E-state index is 0.167. The molecule has 2 nitrogen and oxygen atoms in total. The van der Waals surface area contributed by atoms with Crippen molar-refractivity contribution in [1.82, 2.24) is 0 Å². The van der Waals surface area contributed by atoms with Crippen LogP contribution in [0.4, 0.5) is 4.39 Å². The Morgan fingerprint density at radius 1 is 1.35 bits per heavy atom. The van der Waals surface area contributed by atoms with Crippen LogP contribution in [-0.4, -0.2) is 11.2 Å². The van der Waals surface area contributed by atoms with E-state index in [1.54, 1.807) is 6.07 Å². The van der Waals surface area contributed by atoms with Gasteiger partial charge in [0.2, 0.25) is 0 Å². The number of rotatable bonds is 3. The number of nitrogens with two attached hydrogens (primary N) is 1. The fourth-order valence-corrected chi connectivity index (χ4v) is 2.88. The van der Waals surface area contributed by atoms with E-state index in [-0.39, 0.29) is 16.5 Å². The van der Waals surface area contributed by atoms with Gasteiger partial charge in [0.15, 0.2) is 0 Å². The van der Waals surface area contributed by atoms with Crippen molar-refractivity contribution in [3.05, 3.63) is 34.6 Å². The van der Waals surface area contributed by atoms with Crippen molar-refractivity contribution in [2.24, 2.45) is 11.7 Å². The zero-order chi connectivity index (χ0) is 12.4. The molecule has 17 heavy (non-hydrogen) atoms. The lowest BCUT2D eigenvalue weighted by molar-refractivity contribution is 0.0833. The maximum atomic E-state index is 13.7. The summed E-state index contributed by atoms with van der Waals surface area (Å²) >= 11 is 5.94. The molecule has 0 aliphatic heterocycles. The number of hydrogen-bond donors (Lipinski definition) is 2. The van der Waals surface area contributed by atoms with Crippen LogP contribution in [0.25, 0.3) is 0 Å². The van der Waals surface area contributed by atoms with Gasteiger partial charge in [-0.15, -0.1) is 0 Å². The molecule has 0 unspecified atom stereocenters. The fraction of sp³-hybridized carbons (Fsp3) is 0.538. The van der Waals surface area contributed by atoms with Crippen LogP contribution in [0.3, 0.4) is 0 Å². The van der Waals surface area contributed by atoms with Gasteiger partial charge in [-0.1, -0.05) is 30.5 Å². The first-order valence-electron chi connectivity index (χ1n) is 5.99. The Hall–Kier alpha value is -0.640. The normalized spacial score (nSPS) is 20.5. The van der Waals surface area contributed by atoms with E-state index in [9.17, 15) is 9.50 Å². The van der Waals surface area contributed by atoms with Crippen molar-refractivity contribution in [2.45, 2.75) is 37.8 Å². The zero-order valence-electron chi connectivity index (χ0n) is 9.57. The van der Waals surface area contributed by atoms with Crippen molar-refractivity contribution in [3.8, 4) is 0 Å².